The molecule has 4 rings (SSSR count). The van der Waals surface area contributed by atoms with Crippen molar-refractivity contribution in [3.8, 4) is 17.1 Å². The lowest BCUT2D eigenvalue weighted by atomic mass is 10.00. The summed E-state index contributed by atoms with van der Waals surface area (Å²) in [7, 11) is 0. The van der Waals surface area contributed by atoms with Crippen LogP contribution < -0.4 is 4.74 Å². The quantitative estimate of drug-likeness (QED) is 0.740. The van der Waals surface area contributed by atoms with Gasteiger partial charge < -0.3 is 14.4 Å². The van der Waals surface area contributed by atoms with Crippen molar-refractivity contribution < 1.29 is 14.4 Å². The number of β-amino-alcohol motifs (C(OH)–C–C–N with tert-alkyl or cyclic N) is 1. The van der Waals surface area contributed by atoms with Gasteiger partial charge in [-0.15, -0.1) is 0 Å². The monoisotopic (exact) mass is 350 g/mol. The normalized spacial score (nSPS) is 15.4. The SMILES string of the molecule is OC(COc1ccccc1-c1ccno1)CN1CCc2ccccc2C1. The third-order valence-electron chi connectivity index (χ3n) is 4.70. The molecule has 1 atom stereocenters. The number of aliphatic hydroxyl groups is 1. The Hall–Kier alpha value is -2.63. The molecule has 1 aromatic heterocycles. The highest BCUT2D eigenvalue weighted by atomic mass is 16.5. The van der Waals surface area contributed by atoms with Gasteiger partial charge in [-0.25, -0.2) is 0 Å². The lowest BCUT2D eigenvalue weighted by Crippen LogP contribution is -2.38. The maximum absolute atomic E-state index is 10.4. The van der Waals surface area contributed by atoms with E-state index in [0.717, 1.165) is 25.1 Å². The van der Waals surface area contributed by atoms with Crippen molar-refractivity contribution in [3.63, 3.8) is 0 Å². The molecule has 5 nitrogen and oxygen atoms in total. The molecule has 1 N–H and O–H groups in total. The van der Waals surface area contributed by atoms with Gasteiger partial charge in [0.1, 0.15) is 18.5 Å². The van der Waals surface area contributed by atoms with Crippen molar-refractivity contribution in [1.29, 1.82) is 0 Å². The lowest BCUT2D eigenvalue weighted by Gasteiger charge is -2.30. The van der Waals surface area contributed by atoms with Gasteiger partial charge in [-0.1, -0.05) is 41.6 Å². The van der Waals surface area contributed by atoms with E-state index in [2.05, 4.69) is 34.3 Å². The summed E-state index contributed by atoms with van der Waals surface area (Å²) in [6.45, 7) is 2.67. The summed E-state index contributed by atoms with van der Waals surface area (Å²) in [4.78, 5) is 2.28. The van der Waals surface area contributed by atoms with Gasteiger partial charge in [-0.05, 0) is 29.7 Å². The van der Waals surface area contributed by atoms with Crippen molar-refractivity contribution in [2.24, 2.45) is 0 Å². The zero-order valence-corrected chi connectivity index (χ0v) is 14.5. The zero-order valence-electron chi connectivity index (χ0n) is 14.5. The maximum Gasteiger partial charge on any atom is 0.170 e. The third-order valence-corrected chi connectivity index (χ3v) is 4.70. The van der Waals surface area contributed by atoms with E-state index < -0.39 is 6.10 Å². The van der Waals surface area contributed by atoms with Gasteiger partial charge in [0.25, 0.3) is 0 Å². The Morgan fingerprint density at radius 1 is 1.08 bits per heavy atom. The predicted octanol–water partition coefficient (Wildman–Crippen LogP) is 3.14. The Balaban J connectivity index is 1.35. The lowest BCUT2D eigenvalue weighted by molar-refractivity contribution is 0.0639. The van der Waals surface area contributed by atoms with Crippen LogP contribution in [0.2, 0.25) is 0 Å². The highest BCUT2D eigenvalue weighted by Gasteiger charge is 2.19. The van der Waals surface area contributed by atoms with E-state index in [0.29, 0.717) is 18.1 Å². The molecular weight excluding hydrogens is 328 g/mol. The first kappa shape index (κ1) is 16.8. The summed E-state index contributed by atoms with van der Waals surface area (Å²) < 4.78 is 11.1. The summed E-state index contributed by atoms with van der Waals surface area (Å²) in [5.74, 6) is 1.34. The Morgan fingerprint density at radius 3 is 2.73 bits per heavy atom. The van der Waals surface area contributed by atoms with E-state index >= 15 is 0 Å². The fraction of sp³-hybridized carbons (Fsp3) is 0.286. The highest BCUT2D eigenvalue weighted by molar-refractivity contribution is 5.65. The predicted molar refractivity (Wildman–Crippen MR) is 98.9 cm³/mol. The number of rotatable bonds is 6. The van der Waals surface area contributed by atoms with E-state index in [1.807, 2.05) is 24.3 Å². The van der Waals surface area contributed by atoms with Gasteiger partial charge in [-0.3, -0.25) is 4.90 Å². The summed E-state index contributed by atoms with van der Waals surface area (Å²) in [5.41, 5.74) is 3.60. The molecule has 1 aliphatic heterocycles. The molecule has 5 heteroatoms. The number of hydrogen-bond donors (Lipinski definition) is 1. The average Bonchev–Trinajstić information content (AvgIpc) is 3.21. The minimum absolute atomic E-state index is 0.239. The van der Waals surface area contributed by atoms with Gasteiger partial charge in [0.05, 0.1) is 11.8 Å². The molecule has 3 aromatic rings. The summed E-state index contributed by atoms with van der Waals surface area (Å²) in [6.07, 6.45) is 2.08. The van der Waals surface area contributed by atoms with Gasteiger partial charge in [0.15, 0.2) is 5.76 Å². The number of para-hydroxylation sites is 1. The first-order chi connectivity index (χ1) is 12.8. The van der Waals surface area contributed by atoms with Crippen LogP contribution in [-0.2, 0) is 13.0 Å². The Kier molecular flexibility index (Phi) is 5.00. The van der Waals surface area contributed by atoms with Crippen LogP contribution in [-0.4, -0.2) is 41.0 Å². The summed E-state index contributed by atoms with van der Waals surface area (Å²) in [6, 6.07) is 17.9. The molecule has 134 valence electrons. The van der Waals surface area contributed by atoms with Gasteiger partial charge in [0, 0.05) is 25.7 Å². The van der Waals surface area contributed by atoms with Crippen LogP contribution in [0.4, 0.5) is 0 Å². The van der Waals surface area contributed by atoms with Crippen molar-refractivity contribution in [2.75, 3.05) is 19.7 Å². The molecule has 0 fully saturated rings. The summed E-state index contributed by atoms with van der Waals surface area (Å²) in [5, 5.41) is 14.2. The minimum atomic E-state index is -0.553. The van der Waals surface area contributed by atoms with E-state index in [9.17, 15) is 5.11 Å². The number of ether oxygens (including phenoxy) is 1. The third kappa shape index (κ3) is 3.79. The Bertz CT molecular complexity index is 848. The van der Waals surface area contributed by atoms with E-state index in [1.54, 1.807) is 12.3 Å². The molecule has 0 saturated heterocycles. The fourth-order valence-corrected chi connectivity index (χ4v) is 3.40. The highest BCUT2D eigenvalue weighted by Crippen LogP contribution is 2.29. The Labute approximate surface area is 152 Å². The molecule has 0 spiro atoms. The minimum Gasteiger partial charge on any atom is -0.490 e. The maximum atomic E-state index is 10.4. The first-order valence-corrected chi connectivity index (χ1v) is 8.89. The number of fused-ring (bicyclic) bond motifs is 1. The molecule has 0 aliphatic carbocycles. The largest absolute Gasteiger partial charge is 0.490 e. The van der Waals surface area contributed by atoms with Gasteiger partial charge in [-0.2, -0.15) is 0 Å². The van der Waals surface area contributed by atoms with Crippen molar-refractivity contribution >= 4 is 0 Å². The molecule has 1 aliphatic rings. The average molecular weight is 350 g/mol. The summed E-state index contributed by atoms with van der Waals surface area (Å²) >= 11 is 0. The zero-order chi connectivity index (χ0) is 17.8. The molecule has 1 unspecified atom stereocenters. The standard InChI is InChI=1S/C21H22N2O3/c24-18(14-23-12-10-16-5-1-2-6-17(16)13-23)15-25-20-8-4-3-7-19(20)21-9-11-22-26-21/h1-9,11,18,24H,10,12-15H2. The van der Waals surface area contributed by atoms with E-state index in [4.69, 9.17) is 9.26 Å². The number of aliphatic hydroxyl groups excluding tert-OH is 1. The Morgan fingerprint density at radius 2 is 1.88 bits per heavy atom. The van der Waals surface area contributed by atoms with Gasteiger partial charge >= 0.3 is 0 Å². The van der Waals surface area contributed by atoms with Gasteiger partial charge in [0.2, 0.25) is 0 Å². The smallest absolute Gasteiger partial charge is 0.170 e. The molecule has 0 saturated carbocycles. The molecular formula is C21H22N2O3. The van der Waals surface area contributed by atoms with Crippen LogP contribution >= 0.6 is 0 Å². The molecule has 26 heavy (non-hydrogen) atoms. The van der Waals surface area contributed by atoms with Crippen LogP contribution in [0.5, 0.6) is 5.75 Å². The van der Waals surface area contributed by atoms with E-state index in [1.165, 1.54) is 11.1 Å². The van der Waals surface area contributed by atoms with E-state index in [-0.39, 0.29) is 6.61 Å². The first-order valence-electron chi connectivity index (χ1n) is 8.89. The van der Waals surface area contributed by atoms with Crippen LogP contribution in [0.1, 0.15) is 11.1 Å². The van der Waals surface area contributed by atoms with Crippen molar-refractivity contribution in [2.45, 2.75) is 19.1 Å². The molecule has 0 radical (unpaired) electrons. The van der Waals surface area contributed by atoms with Crippen molar-refractivity contribution in [3.05, 3.63) is 71.9 Å². The van der Waals surface area contributed by atoms with Crippen LogP contribution in [0.15, 0.2) is 65.3 Å². The molecule has 0 bridgehead atoms. The number of benzene rings is 2. The van der Waals surface area contributed by atoms with Crippen LogP contribution in [0.3, 0.4) is 0 Å². The second kappa shape index (κ2) is 7.72. The molecule has 0 amide bonds. The van der Waals surface area contributed by atoms with Crippen molar-refractivity contribution in [1.82, 2.24) is 10.1 Å². The molecule has 2 aromatic carbocycles. The molecule has 2 heterocycles. The fourth-order valence-electron chi connectivity index (χ4n) is 3.40. The number of nitrogens with zero attached hydrogens (tertiary/aromatic N) is 2. The van der Waals surface area contributed by atoms with Crippen LogP contribution in [0.25, 0.3) is 11.3 Å². The second-order valence-corrected chi connectivity index (χ2v) is 6.59. The second-order valence-electron chi connectivity index (χ2n) is 6.59. The van der Waals surface area contributed by atoms with Crippen LogP contribution in [0, 0.1) is 0 Å². The number of hydrogen-bond acceptors (Lipinski definition) is 5. The topological polar surface area (TPSA) is 58.7 Å². The number of aromatic nitrogens is 1.